The minimum absolute atomic E-state index is 0.153. The Morgan fingerprint density at radius 1 is 1.22 bits per heavy atom. The number of nitrogens with zero attached hydrogens (tertiary/aromatic N) is 4. The van der Waals surface area contributed by atoms with Crippen LogP contribution in [0, 0.1) is 16.0 Å². The van der Waals surface area contributed by atoms with Gasteiger partial charge in [-0.3, -0.25) is 14.9 Å². The summed E-state index contributed by atoms with van der Waals surface area (Å²) in [6, 6.07) is 7.72. The smallest absolute Gasteiger partial charge is 0.353 e. The molecule has 1 aromatic heterocycles. The van der Waals surface area contributed by atoms with Crippen LogP contribution in [0.3, 0.4) is 0 Å². The number of ether oxygens (including phenoxy) is 2. The molecular weight excluding hydrogens is 414 g/mol. The molecule has 0 amide bonds. The average Bonchev–Trinajstić information content (AvgIpc) is 2.80. The lowest BCUT2D eigenvalue weighted by Gasteiger charge is -2.31. The Morgan fingerprint density at radius 2 is 1.97 bits per heavy atom. The molecule has 0 radical (unpaired) electrons. The van der Waals surface area contributed by atoms with E-state index < -0.39 is 4.92 Å². The molecule has 1 aliphatic heterocycles. The molecule has 32 heavy (non-hydrogen) atoms. The number of carbonyl (C=O) groups is 1. The highest BCUT2D eigenvalue weighted by molar-refractivity contribution is 5.74. The van der Waals surface area contributed by atoms with E-state index in [4.69, 9.17) is 9.47 Å². The molecule has 3 rings (SSSR count). The normalized spacial score (nSPS) is 14.1. The van der Waals surface area contributed by atoms with Crippen LogP contribution in [0.2, 0.25) is 0 Å². The second-order valence-corrected chi connectivity index (χ2v) is 7.38. The number of anilines is 2. The Kier molecular flexibility index (Phi) is 8.18. The van der Waals surface area contributed by atoms with E-state index in [1.807, 2.05) is 36.1 Å². The maximum Gasteiger partial charge on any atom is 0.353 e. The summed E-state index contributed by atoms with van der Waals surface area (Å²) in [5, 5.41) is 15.0. The number of nitro groups is 1. The van der Waals surface area contributed by atoms with E-state index in [-0.39, 0.29) is 29.2 Å². The fraction of sp³-hybridized carbons (Fsp3) is 0.500. The van der Waals surface area contributed by atoms with Crippen molar-refractivity contribution in [2.45, 2.75) is 33.1 Å². The second kappa shape index (κ2) is 11.3. The topological polar surface area (TPSA) is 120 Å². The van der Waals surface area contributed by atoms with Gasteiger partial charge >= 0.3 is 11.7 Å². The molecule has 0 bridgehead atoms. The highest BCUT2D eigenvalue weighted by Crippen LogP contribution is 2.34. The highest BCUT2D eigenvalue weighted by atomic mass is 16.6. The molecule has 1 saturated heterocycles. The molecule has 1 fully saturated rings. The molecule has 0 aliphatic carbocycles. The van der Waals surface area contributed by atoms with Crippen molar-refractivity contribution in [3.63, 3.8) is 0 Å². The maximum absolute atomic E-state index is 12.0. The van der Waals surface area contributed by atoms with E-state index in [0.29, 0.717) is 52.1 Å². The van der Waals surface area contributed by atoms with Crippen molar-refractivity contribution in [1.82, 2.24) is 9.97 Å². The Balaban J connectivity index is 1.69. The van der Waals surface area contributed by atoms with Gasteiger partial charge in [-0.15, -0.1) is 0 Å². The van der Waals surface area contributed by atoms with Gasteiger partial charge in [-0.2, -0.15) is 0 Å². The van der Waals surface area contributed by atoms with E-state index in [1.54, 1.807) is 6.92 Å². The van der Waals surface area contributed by atoms with E-state index in [2.05, 4.69) is 15.3 Å². The minimum Gasteiger partial charge on any atom is -0.494 e. The van der Waals surface area contributed by atoms with Crippen molar-refractivity contribution in [3.05, 3.63) is 46.3 Å². The zero-order valence-corrected chi connectivity index (χ0v) is 18.5. The lowest BCUT2D eigenvalue weighted by molar-refractivity contribution is -0.383. The van der Waals surface area contributed by atoms with Gasteiger partial charge in [0.1, 0.15) is 12.1 Å². The molecule has 10 heteroatoms. The SMILES string of the molecule is CCOC(=O)C1CCN(c2ncnc(NCCc3ccccc3OCC)c2[N+](=O)[O-])CC1. The fourth-order valence-electron chi connectivity index (χ4n) is 3.81. The molecule has 1 aromatic carbocycles. The molecule has 1 N–H and O–H groups in total. The van der Waals surface area contributed by atoms with E-state index in [9.17, 15) is 14.9 Å². The number of carbonyl (C=O) groups excluding carboxylic acids is 1. The third-order valence-electron chi connectivity index (χ3n) is 5.36. The van der Waals surface area contributed by atoms with E-state index in [0.717, 1.165) is 11.3 Å². The number of esters is 1. The van der Waals surface area contributed by atoms with Crippen LogP contribution in [-0.4, -0.2) is 53.7 Å². The monoisotopic (exact) mass is 443 g/mol. The van der Waals surface area contributed by atoms with Crippen molar-refractivity contribution in [3.8, 4) is 5.75 Å². The van der Waals surface area contributed by atoms with Crippen LogP contribution in [0.4, 0.5) is 17.3 Å². The van der Waals surface area contributed by atoms with Crippen molar-refractivity contribution < 1.29 is 19.2 Å². The number of para-hydroxylation sites is 1. The predicted octanol–water partition coefficient (Wildman–Crippen LogP) is 3.22. The van der Waals surface area contributed by atoms with Gasteiger partial charge in [-0.05, 0) is 44.7 Å². The summed E-state index contributed by atoms with van der Waals surface area (Å²) < 4.78 is 10.7. The first-order valence-electron chi connectivity index (χ1n) is 10.9. The van der Waals surface area contributed by atoms with Gasteiger partial charge in [0.05, 0.1) is 24.1 Å². The Bertz CT molecular complexity index is 931. The summed E-state index contributed by atoms with van der Waals surface area (Å²) in [5.41, 5.74) is 0.861. The van der Waals surface area contributed by atoms with Crippen LogP contribution in [0.15, 0.2) is 30.6 Å². The third-order valence-corrected chi connectivity index (χ3v) is 5.36. The maximum atomic E-state index is 12.0. The third kappa shape index (κ3) is 5.63. The summed E-state index contributed by atoms with van der Waals surface area (Å²) in [5.74, 6) is 0.860. The molecule has 10 nitrogen and oxygen atoms in total. The molecular formula is C22H29N5O5. The molecule has 2 aromatic rings. The highest BCUT2D eigenvalue weighted by Gasteiger charge is 2.32. The lowest BCUT2D eigenvalue weighted by Crippen LogP contribution is -2.37. The fourth-order valence-corrected chi connectivity index (χ4v) is 3.81. The summed E-state index contributed by atoms with van der Waals surface area (Å²) in [6.45, 7) is 6.05. The Labute approximate surface area is 187 Å². The van der Waals surface area contributed by atoms with E-state index >= 15 is 0 Å². The molecule has 0 atom stereocenters. The zero-order valence-electron chi connectivity index (χ0n) is 18.5. The van der Waals surface area contributed by atoms with Gasteiger partial charge in [-0.25, -0.2) is 9.97 Å². The number of hydrogen-bond donors (Lipinski definition) is 1. The summed E-state index contributed by atoms with van der Waals surface area (Å²) in [6.07, 6.45) is 3.09. The van der Waals surface area contributed by atoms with E-state index in [1.165, 1.54) is 6.33 Å². The largest absolute Gasteiger partial charge is 0.494 e. The Hall–Kier alpha value is -3.43. The average molecular weight is 444 g/mol. The first-order chi connectivity index (χ1) is 15.5. The van der Waals surface area contributed by atoms with Crippen LogP contribution < -0.4 is 15.0 Å². The van der Waals surface area contributed by atoms with Crippen LogP contribution >= 0.6 is 0 Å². The standard InChI is InChI=1S/C22H29N5O5/c1-3-31-18-8-6-5-7-16(18)9-12-23-20-19(27(29)30)21(25-15-24-20)26-13-10-17(11-14-26)22(28)32-4-2/h5-8,15,17H,3-4,9-14H2,1-2H3,(H,23,24,25). The molecule has 172 valence electrons. The predicted molar refractivity (Wildman–Crippen MR) is 120 cm³/mol. The minimum atomic E-state index is -0.455. The number of hydrogen-bond acceptors (Lipinski definition) is 9. The van der Waals surface area contributed by atoms with Gasteiger partial charge in [-0.1, -0.05) is 18.2 Å². The van der Waals surface area contributed by atoms with Crippen LogP contribution in [0.1, 0.15) is 32.3 Å². The summed E-state index contributed by atoms with van der Waals surface area (Å²) in [7, 11) is 0. The number of benzene rings is 1. The van der Waals surface area contributed by atoms with Gasteiger partial charge in [0, 0.05) is 19.6 Å². The van der Waals surface area contributed by atoms with Crippen LogP contribution in [0.25, 0.3) is 0 Å². The van der Waals surface area contributed by atoms with Crippen molar-refractivity contribution in [2.75, 3.05) is 43.1 Å². The first kappa shape index (κ1) is 23.2. The number of rotatable bonds is 10. The van der Waals surface area contributed by atoms with Gasteiger partial charge in [0.25, 0.3) is 0 Å². The van der Waals surface area contributed by atoms with Crippen molar-refractivity contribution in [2.24, 2.45) is 5.92 Å². The van der Waals surface area contributed by atoms with Gasteiger partial charge in [0.2, 0.25) is 11.6 Å². The number of nitrogens with one attached hydrogen (secondary N) is 1. The van der Waals surface area contributed by atoms with Crippen molar-refractivity contribution in [1.29, 1.82) is 0 Å². The molecule has 0 unspecified atom stereocenters. The van der Waals surface area contributed by atoms with Crippen LogP contribution in [-0.2, 0) is 16.0 Å². The van der Waals surface area contributed by atoms with Gasteiger partial charge in [0.15, 0.2) is 0 Å². The van der Waals surface area contributed by atoms with Gasteiger partial charge < -0.3 is 19.7 Å². The zero-order chi connectivity index (χ0) is 22.9. The molecule has 2 heterocycles. The number of aromatic nitrogens is 2. The van der Waals surface area contributed by atoms with Crippen molar-refractivity contribution >= 4 is 23.3 Å². The first-order valence-corrected chi connectivity index (χ1v) is 10.9. The Morgan fingerprint density at radius 3 is 2.66 bits per heavy atom. The summed E-state index contributed by atoms with van der Waals surface area (Å²) >= 11 is 0. The van der Waals surface area contributed by atoms with Crippen LogP contribution in [0.5, 0.6) is 5.75 Å². The lowest BCUT2D eigenvalue weighted by atomic mass is 9.97. The molecule has 1 aliphatic rings. The quantitative estimate of drug-likeness (QED) is 0.335. The second-order valence-electron chi connectivity index (χ2n) is 7.38. The molecule has 0 saturated carbocycles. The molecule has 0 spiro atoms. The number of piperidine rings is 1. The summed E-state index contributed by atoms with van der Waals surface area (Å²) in [4.78, 5) is 33.5.